The number of carbonyl (C=O) groups is 1. The van der Waals surface area contributed by atoms with E-state index in [1.807, 2.05) is 6.92 Å². The van der Waals surface area contributed by atoms with Crippen molar-refractivity contribution in [3.8, 4) is 0 Å². The summed E-state index contributed by atoms with van der Waals surface area (Å²) in [6, 6.07) is 0. The molecule has 1 amide bonds. The van der Waals surface area contributed by atoms with Crippen molar-refractivity contribution < 1.29 is 9.28 Å². The van der Waals surface area contributed by atoms with Crippen LogP contribution in [0.3, 0.4) is 0 Å². The minimum absolute atomic E-state index is 0.101. The van der Waals surface area contributed by atoms with Crippen LogP contribution >= 0.6 is 0 Å². The van der Waals surface area contributed by atoms with Gasteiger partial charge in [-0.3, -0.25) is 5.73 Å². The molecule has 0 aromatic heterocycles. The van der Waals surface area contributed by atoms with Crippen molar-refractivity contribution in [1.29, 1.82) is 0 Å². The predicted molar refractivity (Wildman–Crippen MR) is 119 cm³/mol. The zero-order valence-electron chi connectivity index (χ0n) is 19.0. The smallest absolute Gasteiger partial charge is 0.281 e. The Morgan fingerprint density at radius 3 is 1.67 bits per heavy atom. The summed E-state index contributed by atoms with van der Waals surface area (Å²) in [5.74, 6) is 0.327. The maximum Gasteiger partial charge on any atom is 0.314 e. The van der Waals surface area contributed by atoms with Crippen molar-refractivity contribution in [2.24, 2.45) is 5.73 Å². The molecule has 0 aliphatic heterocycles. The fraction of sp³-hybridized carbons (Fsp3) is 0.875. The monoisotopic (exact) mass is 381 g/mol. The molecule has 0 heterocycles. The normalized spacial score (nSPS) is 13.4. The largest absolute Gasteiger partial charge is 0.314 e. The van der Waals surface area contributed by atoms with Crippen molar-refractivity contribution in [2.45, 2.75) is 124 Å². The highest BCUT2D eigenvalue weighted by Gasteiger charge is 2.35. The van der Waals surface area contributed by atoms with E-state index in [2.05, 4.69) is 32.9 Å². The van der Waals surface area contributed by atoms with E-state index in [4.69, 9.17) is 5.73 Å². The van der Waals surface area contributed by atoms with Crippen LogP contribution in [0.1, 0.15) is 118 Å². The van der Waals surface area contributed by atoms with E-state index in [1.54, 1.807) is 0 Å². The number of hydrogen-bond acceptors (Lipinski definition) is 2. The molecule has 0 rings (SSSR count). The van der Waals surface area contributed by atoms with E-state index in [0.717, 1.165) is 19.5 Å². The lowest BCUT2D eigenvalue weighted by molar-refractivity contribution is -0.874. The average molecular weight is 382 g/mol. The first-order chi connectivity index (χ1) is 13.0. The van der Waals surface area contributed by atoms with Gasteiger partial charge in [-0.2, -0.15) is 0 Å². The van der Waals surface area contributed by atoms with Gasteiger partial charge in [-0.25, -0.2) is 9.28 Å². The minimum atomic E-state index is -0.101. The molecule has 0 aromatic carbocycles. The van der Waals surface area contributed by atoms with Crippen LogP contribution in [-0.4, -0.2) is 29.6 Å². The molecular weight excluding hydrogens is 332 g/mol. The molecule has 0 aromatic rings. The van der Waals surface area contributed by atoms with Crippen molar-refractivity contribution in [2.75, 3.05) is 13.1 Å². The second-order valence-electron chi connectivity index (χ2n) is 8.14. The third-order valence-corrected chi connectivity index (χ3v) is 6.06. The Hall–Kier alpha value is -0.670. The molecule has 0 saturated carbocycles. The van der Waals surface area contributed by atoms with Crippen LogP contribution in [0.4, 0.5) is 0 Å². The second kappa shape index (κ2) is 17.4. The molecule has 27 heavy (non-hydrogen) atoms. The number of nitrogens with zero attached hydrogens (tertiary/aromatic N) is 1. The summed E-state index contributed by atoms with van der Waals surface area (Å²) in [4.78, 5) is 12.6. The Balaban J connectivity index is 3.59. The molecule has 3 heteroatoms. The van der Waals surface area contributed by atoms with Crippen LogP contribution in [0.5, 0.6) is 0 Å². The average Bonchev–Trinajstić information content (AvgIpc) is 2.66. The Morgan fingerprint density at radius 2 is 1.22 bits per heavy atom. The summed E-state index contributed by atoms with van der Waals surface area (Å²) < 4.78 is 0.434. The van der Waals surface area contributed by atoms with E-state index in [0.29, 0.717) is 16.8 Å². The standard InChI is InChI=1S/C24H49N2O/c1-5-8-9-10-11-12-13-14-15-16-17-18-19-20-21-22-24(27)26(6-2,7-3)23(4)25/h14-15,23H,5-13,16-22,25H2,1-4H3/q+1/b15-14-. The lowest BCUT2D eigenvalue weighted by Crippen LogP contribution is -2.61. The van der Waals surface area contributed by atoms with Crippen LogP contribution in [0, 0.1) is 0 Å². The molecule has 160 valence electrons. The minimum Gasteiger partial charge on any atom is -0.281 e. The van der Waals surface area contributed by atoms with Gasteiger partial charge in [0, 0.05) is 6.92 Å². The number of hydrogen-bond donors (Lipinski definition) is 1. The van der Waals surface area contributed by atoms with Gasteiger partial charge in [0.25, 0.3) is 0 Å². The topological polar surface area (TPSA) is 43.1 Å². The Labute approximate surface area is 170 Å². The van der Waals surface area contributed by atoms with Crippen molar-refractivity contribution in [1.82, 2.24) is 0 Å². The van der Waals surface area contributed by atoms with Crippen molar-refractivity contribution in [3.05, 3.63) is 12.2 Å². The van der Waals surface area contributed by atoms with Gasteiger partial charge >= 0.3 is 5.91 Å². The van der Waals surface area contributed by atoms with Crippen LogP contribution in [0.25, 0.3) is 0 Å². The van der Waals surface area contributed by atoms with E-state index in [9.17, 15) is 4.79 Å². The third-order valence-electron chi connectivity index (χ3n) is 6.06. The van der Waals surface area contributed by atoms with Gasteiger partial charge in [-0.05, 0) is 46.0 Å². The fourth-order valence-electron chi connectivity index (χ4n) is 3.95. The van der Waals surface area contributed by atoms with Gasteiger partial charge < -0.3 is 0 Å². The highest BCUT2D eigenvalue weighted by atomic mass is 16.2. The molecule has 0 bridgehead atoms. The highest BCUT2D eigenvalue weighted by molar-refractivity contribution is 5.69. The first kappa shape index (κ1) is 26.3. The Kier molecular flexibility index (Phi) is 17.0. The van der Waals surface area contributed by atoms with Crippen LogP contribution in [0.15, 0.2) is 12.2 Å². The van der Waals surface area contributed by atoms with E-state index in [-0.39, 0.29) is 6.17 Å². The number of allylic oxidation sites excluding steroid dienone is 2. The maximum absolute atomic E-state index is 12.6. The van der Waals surface area contributed by atoms with Gasteiger partial charge in [0.05, 0.1) is 19.5 Å². The number of rotatable bonds is 18. The number of nitrogens with two attached hydrogens (primary N) is 1. The Morgan fingerprint density at radius 1 is 0.778 bits per heavy atom. The molecule has 1 atom stereocenters. The Bertz CT molecular complexity index is 373. The molecule has 1 unspecified atom stereocenters. The molecule has 3 nitrogen and oxygen atoms in total. The molecular formula is C24H49N2O+. The maximum atomic E-state index is 12.6. The molecule has 2 N–H and O–H groups in total. The number of amides is 1. The molecule has 0 spiro atoms. The van der Waals surface area contributed by atoms with Gasteiger partial charge in [-0.1, -0.05) is 70.4 Å². The molecule has 0 aliphatic carbocycles. The van der Waals surface area contributed by atoms with Crippen molar-refractivity contribution >= 4 is 5.91 Å². The van der Waals surface area contributed by atoms with E-state index >= 15 is 0 Å². The molecule has 0 radical (unpaired) electrons. The third kappa shape index (κ3) is 11.7. The summed E-state index contributed by atoms with van der Waals surface area (Å²) >= 11 is 0. The quantitative estimate of drug-likeness (QED) is 0.124. The highest BCUT2D eigenvalue weighted by Crippen LogP contribution is 2.16. The predicted octanol–water partition coefficient (Wildman–Crippen LogP) is 6.71. The summed E-state index contributed by atoms with van der Waals surface area (Å²) in [5.41, 5.74) is 6.09. The lowest BCUT2D eigenvalue weighted by Gasteiger charge is -2.37. The summed E-state index contributed by atoms with van der Waals surface area (Å²) in [5, 5.41) is 0. The van der Waals surface area contributed by atoms with Crippen LogP contribution in [0.2, 0.25) is 0 Å². The van der Waals surface area contributed by atoms with Crippen LogP contribution < -0.4 is 5.73 Å². The first-order valence-corrected chi connectivity index (χ1v) is 11.9. The summed E-state index contributed by atoms with van der Waals surface area (Å²) in [6.45, 7) is 9.99. The molecule has 0 saturated heterocycles. The fourth-order valence-corrected chi connectivity index (χ4v) is 3.95. The van der Waals surface area contributed by atoms with Gasteiger partial charge in [0.2, 0.25) is 0 Å². The molecule has 0 fully saturated rings. The van der Waals surface area contributed by atoms with E-state index in [1.165, 1.54) is 77.0 Å². The zero-order chi connectivity index (χ0) is 20.4. The van der Waals surface area contributed by atoms with Gasteiger partial charge in [0.15, 0.2) is 0 Å². The van der Waals surface area contributed by atoms with Gasteiger partial charge in [0.1, 0.15) is 6.17 Å². The summed E-state index contributed by atoms with van der Waals surface area (Å²) in [7, 11) is 0. The van der Waals surface area contributed by atoms with Gasteiger partial charge in [-0.15, -0.1) is 0 Å². The number of quaternary nitrogens is 1. The SMILES string of the molecule is CCCCCCCC/C=C\CCCCCCCC(=O)[N+](CC)(CC)C(C)N. The van der Waals surface area contributed by atoms with E-state index < -0.39 is 0 Å². The number of carbonyl (C=O) groups excluding carboxylic acids is 1. The lowest BCUT2D eigenvalue weighted by atomic mass is 10.1. The molecule has 0 aliphatic rings. The second-order valence-corrected chi connectivity index (χ2v) is 8.14. The zero-order valence-corrected chi connectivity index (χ0v) is 19.0. The van der Waals surface area contributed by atoms with Crippen molar-refractivity contribution in [3.63, 3.8) is 0 Å². The first-order valence-electron chi connectivity index (χ1n) is 11.9. The number of unbranched alkanes of at least 4 members (excludes halogenated alkanes) is 11. The summed E-state index contributed by atoms with van der Waals surface area (Å²) in [6.07, 6.45) is 22.1. The van der Waals surface area contributed by atoms with Crippen LogP contribution in [-0.2, 0) is 4.79 Å².